The van der Waals surface area contributed by atoms with Crippen molar-refractivity contribution in [2.24, 2.45) is 5.41 Å². The molecule has 1 amide bonds. The molecule has 4 rings (SSSR count). The van der Waals surface area contributed by atoms with E-state index in [2.05, 4.69) is 29.4 Å². The lowest BCUT2D eigenvalue weighted by atomic mass is 9.75. The van der Waals surface area contributed by atoms with Crippen molar-refractivity contribution in [1.29, 1.82) is 0 Å². The summed E-state index contributed by atoms with van der Waals surface area (Å²) >= 11 is 0. The third-order valence-corrected chi connectivity index (χ3v) is 5.92. The SMILES string of the molecule is CC(=O)NC12CC[C@@H](c3cc(-c4ccccc4F)nnc31)C2(C)C. The second-order valence-corrected chi connectivity index (χ2v) is 7.41. The van der Waals surface area contributed by atoms with Crippen LogP contribution in [0.3, 0.4) is 0 Å². The first kappa shape index (κ1) is 15.2. The molecule has 1 unspecified atom stereocenters. The average Bonchev–Trinajstić information content (AvgIpc) is 2.88. The highest BCUT2D eigenvalue weighted by atomic mass is 19.1. The monoisotopic (exact) mass is 325 g/mol. The number of aromatic nitrogens is 2. The van der Waals surface area contributed by atoms with Crippen molar-refractivity contribution in [1.82, 2.24) is 15.5 Å². The highest BCUT2D eigenvalue weighted by molar-refractivity contribution is 5.75. The zero-order valence-corrected chi connectivity index (χ0v) is 14.1. The smallest absolute Gasteiger partial charge is 0.217 e. The number of benzene rings is 1. The van der Waals surface area contributed by atoms with E-state index < -0.39 is 5.54 Å². The fourth-order valence-electron chi connectivity index (χ4n) is 4.70. The number of amides is 1. The number of nitrogens with zero attached hydrogens (tertiary/aromatic N) is 2. The van der Waals surface area contributed by atoms with Gasteiger partial charge < -0.3 is 5.32 Å². The summed E-state index contributed by atoms with van der Waals surface area (Å²) in [5.74, 6) is -0.0670. The molecular formula is C19H20FN3O. The largest absolute Gasteiger partial charge is 0.345 e. The Bertz CT molecular complexity index is 848. The quantitative estimate of drug-likeness (QED) is 0.919. The van der Waals surface area contributed by atoms with Gasteiger partial charge >= 0.3 is 0 Å². The highest BCUT2D eigenvalue weighted by Gasteiger charge is 2.64. The van der Waals surface area contributed by atoms with Crippen LogP contribution in [0.1, 0.15) is 50.8 Å². The molecule has 0 saturated heterocycles. The Balaban J connectivity index is 1.88. The molecule has 1 aromatic heterocycles. The van der Waals surface area contributed by atoms with Gasteiger partial charge in [-0.25, -0.2) is 4.39 Å². The summed E-state index contributed by atoms with van der Waals surface area (Å²) in [5.41, 5.74) is 2.34. The lowest BCUT2D eigenvalue weighted by Crippen LogP contribution is -2.50. The normalized spacial score (nSPS) is 26.2. The van der Waals surface area contributed by atoms with Crippen LogP contribution < -0.4 is 5.32 Å². The molecule has 4 nitrogen and oxygen atoms in total. The maximum atomic E-state index is 14.1. The minimum atomic E-state index is -0.473. The molecule has 2 aliphatic rings. The molecule has 1 saturated carbocycles. The molecular weight excluding hydrogens is 305 g/mol. The first-order chi connectivity index (χ1) is 11.4. The number of carbonyl (C=O) groups is 1. The van der Waals surface area contributed by atoms with Gasteiger partial charge in [0.1, 0.15) is 5.82 Å². The van der Waals surface area contributed by atoms with Crippen LogP contribution in [0.5, 0.6) is 0 Å². The maximum absolute atomic E-state index is 14.1. The predicted molar refractivity (Wildman–Crippen MR) is 88.7 cm³/mol. The molecule has 2 aliphatic carbocycles. The highest BCUT2D eigenvalue weighted by Crippen LogP contribution is 2.66. The Hall–Kier alpha value is -2.30. The summed E-state index contributed by atoms with van der Waals surface area (Å²) in [6.07, 6.45) is 1.85. The number of hydrogen-bond donors (Lipinski definition) is 1. The predicted octanol–water partition coefficient (Wildman–Crippen LogP) is 3.53. The molecule has 2 bridgehead atoms. The molecule has 2 aromatic rings. The Kier molecular flexibility index (Phi) is 3.08. The van der Waals surface area contributed by atoms with Crippen LogP contribution >= 0.6 is 0 Å². The van der Waals surface area contributed by atoms with Gasteiger partial charge in [-0.05, 0) is 42.5 Å². The van der Waals surface area contributed by atoms with Crippen molar-refractivity contribution in [2.45, 2.75) is 45.1 Å². The number of hydrogen-bond acceptors (Lipinski definition) is 3. The summed E-state index contributed by atoms with van der Waals surface area (Å²) < 4.78 is 14.1. The Morgan fingerprint density at radius 3 is 2.75 bits per heavy atom. The maximum Gasteiger partial charge on any atom is 0.217 e. The van der Waals surface area contributed by atoms with Gasteiger partial charge in [-0.2, -0.15) is 10.2 Å². The molecule has 24 heavy (non-hydrogen) atoms. The Morgan fingerprint density at radius 1 is 1.29 bits per heavy atom. The number of nitrogens with one attached hydrogen (secondary N) is 1. The Labute approximate surface area is 140 Å². The van der Waals surface area contributed by atoms with E-state index in [9.17, 15) is 9.18 Å². The van der Waals surface area contributed by atoms with Crippen molar-refractivity contribution in [3.05, 3.63) is 47.4 Å². The Morgan fingerprint density at radius 2 is 2.04 bits per heavy atom. The van der Waals surface area contributed by atoms with E-state index in [0.717, 1.165) is 24.1 Å². The second kappa shape index (κ2) is 4.85. The van der Waals surface area contributed by atoms with E-state index in [1.165, 1.54) is 13.0 Å². The molecule has 1 aromatic carbocycles. The average molecular weight is 325 g/mol. The standard InChI is InChI=1S/C19H20FN3O/c1-11(24)21-19-9-8-14(18(19,2)3)13-10-16(22-23-17(13)19)12-6-4-5-7-15(12)20/h4-7,10,14H,8-9H2,1-3H3,(H,21,24)/t14-,19?/m0/s1. The number of halogens is 1. The zero-order chi connectivity index (χ0) is 17.1. The van der Waals surface area contributed by atoms with E-state index in [-0.39, 0.29) is 17.1 Å². The summed E-state index contributed by atoms with van der Waals surface area (Å²) in [6, 6.07) is 8.56. The third kappa shape index (κ3) is 1.81. The fourth-order valence-corrected chi connectivity index (χ4v) is 4.70. The summed E-state index contributed by atoms with van der Waals surface area (Å²) in [5, 5.41) is 11.9. The van der Waals surface area contributed by atoms with Crippen LogP contribution in [0.15, 0.2) is 30.3 Å². The molecule has 0 spiro atoms. The first-order valence-electron chi connectivity index (χ1n) is 8.28. The van der Waals surface area contributed by atoms with Gasteiger partial charge in [0.05, 0.1) is 16.9 Å². The van der Waals surface area contributed by atoms with E-state index in [4.69, 9.17) is 0 Å². The van der Waals surface area contributed by atoms with Crippen LogP contribution in [0, 0.1) is 11.2 Å². The van der Waals surface area contributed by atoms with E-state index in [0.29, 0.717) is 17.2 Å². The molecule has 0 radical (unpaired) electrons. The molecule has 5 heteroatoms. The van der Waals surface area contributed by atoms with E-state index in [1.54, 1.807) is 18.2 Å². The second-order valence-electron chi connectivity index (χ2n) is 7.41. The van der Waals surface area contributed by atoms with Gasteiger partial charge in [0.2, 0.25) is 5.91 Å². The molecule has 124 valence electrons. The van der Waals surface area contributed by atoms with Gasteiger partial charge in [-0.1, -0.05) is 26.0 Å². The summed E-state index contributed by atoms with van der Waals surface area (Å²) in [6.45, 7) is 5.88. The first-order valence-corrected chi connectivity index (χ1v) is 8.28. The van der Waals surface area contributed by atoms with Crippen LogP contribution in [-0.4, -0.2) is 16.1 Å². The van der Waals surface area contributed by atoms with Crippen molar-refractivity contribution in [3.63, 3.8) is 0 Å². The van der Waals surface area contributed by atoms with Crippen molar-refractivity contribution >= 4 is 5.91 Å². The minimum absolute atomic E-state index is 0.0587. The molecule has 1 N–H and O–H groups in total. The fraction of sp³-hybridized carbons (Fsp3) is 0.421. The van der Waals surface area contributed by atoms with Crippen LogP contribution in [-0.2, 0) is 10.3 Å². The topological polar surface area (TPSA) is 54.9 Å². The van der Waals surface area contributed by atoms with E-state index >= 15 is 0 Å². The van der Waals surface area contributed by atoms with Crippen molar-refractivity contribution in [3.8, 4) is 11.3 Å². The van der Waals surface area contributed by atoms with Gasteiger partial charge in [0.25, 0.3) is 0 Å². The summed E-state index contributed by atoms with van der Waals surface area (Å²) in [4.78, 5) is 11.8. The van der Waals surface area contributed by atoms with Gasteiger partial charge in [0.15, 0.2) is 0 Å². The molecule has 1 heterocycles. The molecule has 1 fully saturated rings. The van der Waals surface area contributed by atoms with Gasteiger partial charge in [-0.3, -0.25) is 4.79 Å². The van der Waals surface area contributed by atoms with Gasteiger partial charge in [-0.15, -0.1) is 0 Å². The van der Waals surface area contributed by atoms with Crippen LogP contribution in [0.25, 0.3) is 11.3 Å². The summed E-state index contributed by atoms with van der Waals surface area (Å²) in [7, 11) is 0. The molecule has 2 atom stereocenters. The van der Waals surface area contributed by atoms with Crippen molar-refractivity contribution < 1.29 is 9.18 Å². The van der Waals surface area contributed by atoms with Gasteiger partial charge in [0, 0.05) is 17.9 Å². The molecule has 0 aliphatic heterocycles. The minimum Gasteiger partial charge on any atom is -0.345 e. The number of carbonyl (C=O) groups excluding carboxylic acids is 1. The van der Waals surface area contributed by atoms with Crippen molar-refractivity contribution in [2.75, 3.05) is 0 Å². The number of fused-ring (bicyclic) bond motifs is 5. The number of rotatable bonds is 2. The van der Waals surface area contributed by atoms with Crippen LogP contribution in [0.2, 0.25) is 0 Å². The zero-order valence-electron chi connectivity index (χ0n) is 14.1. The lowest BCUT2D eigenvalue weighted by molar-refractivity contribution is -0.122. The third-order valence-electron chi connectivity index (χ3n) is 5.92. The van der Waals surface area contributed by atoms with Crippen LogP contribution in [0.4, 0.5) is 4.39 Å². The lowest BCUT2D eigenvalue weighted by Gasteiger charge is -2.38. The van der Waals surface area contributed by atoms with E-state index in [1.807, 2.05) is 6.07 Å².